The van der Waals surface area contributed by atoms with E-state index in [1.807, 2.05) is 0 Å². The van der Waals surface area contributed by atoms with E-state index in [9.17, 15) is 0 Å². The number of rotatable bonds is 4. The van der Waals surface area contributed by atoms with Gasteiger partial charge in [0.2, 0.25) is 0 Å². The van der Waals surface area contributed by atoms with Crippen LogP contribution in [0, 0.1) is 5.92 Å². The van der Waals surface area contributed by atoms with Gasteiger partial charge in [-0.25, -0.2) is 0 Å². The van der Waals surface area contributed by atoms with Crippen LogP contribution in [-0.4, -0.2) is 29.5 Å². The smallest absolute Gasteiger partial charge is 0.0456 e. The summed E-state index contributed by atoms with van der Waals surface area (Å²) in [6, 6.07) is 8.75. The summed E-state index contributed by atoms with van der Waals surface area (Å²) in [5.41, 5.74) is 2.84. The van der Waals surface area contributed by atoms with Crippen molar-refractivity contribution in [2.75, 3.05) is 19.6 Å². The van der Waals surface area contributed by atoms with E-state index in [-0.39, 0.29) is 0 Å². The van der Waals surface area contributed by atoms with Gasteiger partial charge in [-0.05, 0) is 62.4 Å². The summed E-state index contributed by atoms with van der Waals surface area (Å²) in [6.45, 7) is 3.92. The quantitative estimate of drug-likeness (QED) is 0.810. The van der Waals surface area contributed by atoms with Crippen LogP contribution in [0.15, 0.2) is 30.5 Å². The first-order chi connectivity index (χ1) is 11.4. The SMILES string of the molecule is c1ccc2c(C3CCN(CCC4CCCCC4)CC3)c[nH]c2c1. The molecule has 0 amide bonds. The molecule has 1 saturated carbocycles. The van der Waals surface area contributed by atoms with Gasteiger partial charge >= 0.3 is 0 Å². The summed E-state index contributed by atoms with van der Waals surface area (Å²) in [5, 5.41) is 1.44. The third-order valence-corrected chi connectivity index (χ3v) is 6.23. The third kappa shape index (κ3) is 3.47. The van der Waals surface area contributed by atoms with Crippen LogP contribution in [0.3, 0.4) is 0 Å². The maximum Gasteiger partial charge on any atom is 0.0456 e. The number of nitrogens with one attached hydrogen (secondary N) is 1. The monoisotopic (exact) mass is 310 g/mol. The zero-order chi connectivity index (χ0) is 15.5. The summed E-state index contributed by atoms with van der Waals surface area (Å²) >= 11 is 0. The summed E-state index contributed by atoms with van der Waals surface area (Å²) in [6.07, 6.45) is 13.8. The Bertz CT molecular complexity index is 616. The highest BCUT2D eigenvalue weighted by Crippen LogP contribution is 2.33. The molecule has 4 rings (SSSR count). The summed E-state index contributed by atoms with van der Waals surface area (Å²) in [7, 11) is 0. The zero-order valence-corrected chi connectivity index (χ0v) is 14.3. The highest BCUT2D eigenvalue weighted by molar-refractivity contribution is 5.83. The van der Waals surface area contributed by atoms with E-state index in [0.717, 1.165) is 11.8 Å². The number of piperidine rings is 1. The molecule has 0 unspecified atom stereocenters. The van der Waals surface area contributed by atoms with Crippen LogP contribution >= 0.6 is 0 Å². The number of para-hydroxylation sites is 1. The molecular formula is C21H30N2. The molecule has 0 atom stereocenters. The van der Waals surface area contributed by atoms with Crippen molar-refractivity contribution in [1.82, 2.24) is 9.88 Å². The molecule has 0 bridgehead atoms. The van der Waals surface area contributed by atoms with E-state index in [1.54, 1.807) is 5.56 Å². The van der Waals surface area contributed by atoms with Gasteiger partial charge in [0, 0.05) is 17.1 Å². The Labute approximate surface area is 140 Å². The Morgan fingerprint density at radius 2 is 1.74 bits per heavy atom. The molecule has 2 heteroatoms. The predicted octanol–water partition coefficient (Wildman–Crippen LogP) is 5.32. The maximum atomic E-state index is 3.45. The lowest BCUT2D eigenvalue weighted by molar-refractivity contribution is 0.189. The van der Waals surface area contributed by atoms with Gasteiger partial charge in [0.1, 0.15) is 0 Å². The maximum absolute atomic E-state index is 3.45. The van der Waals surface area contributed by atoms with Gasteiger partial charge in [-0.2, -0.15) is 0 Å². The Morgan fingerprint density at radius 3 is 2.57 bits per heavy atom. The second kappa shape index (κ2) is 7.09. The van der Waals surface area contributed by atoms with Crippen LogP contribution < -0.4 is 0 Å². The van der Waals surface area contributed by atoms with Crippen molar-refractivity contribution in [2.45, 2.75) is 57.3 Å². The molecule has 1 aromatic carbocycles. The van der Waals surface area contributed by atoms with Gasteiger partial charge in [0.05, 0.1) is 0 Å². The molecule has 1 saturated heterocycles. The molecule has 1 aromatic heterocycles. The van der Waals surface area contributed by atoms with Crippen molar-refractivity contribution in [1.29, 1.82) is 0 Å². The molecule has 124 valence electrons. The highest BCUT2D eigenvalue weighted by atomic mass is 15.1. The molecule has 0 spiro atoms. The Kier molecular flexibility index (Phi) is 4.70. The summed E-state index contributed by atoms with van der Waals surface area (Å²) in [5.74, 6) is 1.77. The molecule has 1 aliphatic heterocycles. The predicted molar refractivity (Wildman–Crippen MR) is 97.9 cm³/mol. The number of hydrogen-bond donors (Lipinski definition) is 1. The van der Waals surface area contributed by atoms with Gasteiger partial charge in [-0.1, -0.05) is 50.3 Å². The number of aromatic amines is 1. The molecule has 2 nitrogen and oxygen atoms in total. The molecule has 1 aliphatic carbocycles. The lowest BCUT2D eigenvalue weighted by atomic mass is 9.86. The van der Waals surface area contributed by atoms with Crippen LogP contribution in [0.4, 0.5) is 0 Å². The van der Waals surface area contributed by atoms with Crippen molar-refractivity contribution < 1.29 is 0 Å². The number of fused-ring (bicyclic) bond motifs is 1. The second-order valence-electron chi connectivity index (χ2n) is 7.70. The number of hydrogen-bond acceptors (Lipinski definition) is 1. The number of aromatic nitrogens is 1. The van der Waals surface area contributed by atoms with Gasteiger partial charge in [0.25, 0.3) is 0 Å². The second-order valence-corrected chi connectivity index (χ2v) is 7.70. The Hall–Kier alpha value is -1.28. The van der Waals surface area contributed by atoms with Crippen molar-refractivity contribution in [3.05, 3.63) is 36.0 Å². The standard InChI is InChI=1S/C21H30N2/c1-2-6-17(7-3-1)10-13-23-14-11-18(12-15-23)20-16-22-21-9-5-4-8-19(20)21/h4-5,8-9,16-18,22H,1-3,6-7,10-15H2. The molecule has 23 heavy (non-hydrogen) atoms. The number of nitrogens with zero attached hydrogens (tertiary/aromatic N) is 1. The molecule has 0 radical (unpaired) electrons. The minimum Gasteiger partial charge on any atom is -0.361 e. The molecule has 1 N–H and O–H groups in total. The third-order valence-electron chi connectivity index (χ3n) is 6.23. The van der Waals surface area contributed by atoms with Gasteiger partial charge in [0.15, 0.2) is 0 Å². The summed E-state index contributed by atoms with van der Waals surface area (Å²) in [4.78, 5) is 6.17. The minimum atomic E-state index is 0.747. The lowest BCUT2D eigenvalue weighted by Gasteiger charge is -2.33. The lowest BCUT2D eigenvalue weighted by Crippen LogP contribution is -2.34. The van der Waals surface area contributed by atoms with E-state index in [4.69, 9.17) is 0 Å². The van der Waals surface area contributed by atoms with Crippen LogP contribution in [0.5, 0.6) is 0 Å². The minimum absolute atomic E-state index is 0.747. The molecule has 2 aliphatic rings. The number of H-pyrrole nitrogens is 1. The first kappa shape index (κ1) is 15.3. The van der Waals surface area contributed by atoms with Crippen LogP contribution in [-0.2, 0) is 0 Å². The van der Waals surface area contributed by atoms with Crippen molar-refractivity contribution >= 4 is 10.9 Å². The number of likely N-dealkylation sites (tertiary alicyclic amines) is 1. The average Bonchev–Trinajstić information content (AvgIpc) is 3.05. The molecule has 2 heterocycles. The molecular weight excluding hydrogens is 280 g/mol. The van der Waals surface area contributed by atoms with E-state index in [0.29, 0.717) is 0 Å². The van der Waals surface area contributed by atoms with E-state index in [1.165, 1.54) is 81.9 Å². The number of benzene rings is 1. The van der Waals surface area contributed by atoms with Gasteiger partial charge in [-0.15, -0.1) is 0 Å². The fraction of sp³-hybridized carbons (Fsp3) is 0.619. The largest absolute Gasteiger partial charge is 0.361 e. The van der Waals surface area contributed by atoms with Gasteiger partial charge in [-0.3, -0.25) is 0 Å². The topological polar surface area (TPSA) is 19.0 Å². The highest BCUT2D eigenvalue weighted by Gasteiger charge is 2.23. The van der Waals surface area contributed by atoms with Crippen LogP contribution in [0.25, 0.3) is 10.9 Å². The van der Waals surface area contributed by atoms with Crippen molar-refractivity contribution in [3.8, 4) is 0 Å². The Balaban J connectivity index is 1.30. The van der Waals surface area contributed by atoms with Crippen molar-refractivity contribution in [3.63, 3.8) is 0 Å². The van der Waals surface area contributed by atoms with E-state index < -0.39 is 0 Å². The fourth-order valence-corrected chi connectivity index (χ4v) is 4.74. The fourth-order valence-electron chi connectivity index (χ4n) is 4.74. The summed E-state index contributed by atoms with van der Waals surface area (Å²) < 4.78 is 0. The van der Waals surface area contributed by atoms with E-state index in [2.05, 4.69) is 40.3 Å². The van der Waals surface area contributed by atoms with E-state index >= 15 is 0 Å². The normalized spacial score (nSPS) is 21.9. The first-order valence-electron chi connectivity index (χ1n) is 9.68. The van der Waals surface area contributed by atoms with Crippen LogP contribution in [0.2, 0.25) is 0 Å². The molecule has 2 aromatic rings. The van der Waals surface area contributed by atoms with Crippen molar-refractivity contribution in [2.24, 2.45) is 5.92 Å². The average molecular weight is 310 g/mol. The first-order valence-corrected chi connectivity index (χ1v) is 9.68. The Morgan fingerprint density at radius 1 is 0.957 bits per heavy atom. The molecule has 2 fully saturated rings. The van der Waals surface area contributed by atoms with Gasteiger partial charge < -0.3 is 9.88 Å². The zero-order valence-electron chi connectivity index (χ0n) is 14.3. The van der Waals surface area contributed by atoms with Crippen LogP contribution in [0.1, 0.15) is 62.8 Å².